The Balaban J connectivity index is 2.34. The zero-order chi connectivity index (χ0) is 14.5. The molecule has 2 rings (SSSR count). The number of halogens is 2. The van der Waals surface area contributed by atoms with Crippen molar-refractivity contribution >= 4 is 27.5 Å². The number of hydrogen-bond donors (Lipinski definition) is 1. The molecule has 0 bridgehead atoms. The molecule has 0 radical (unpaired) electrons. The molecule has 1 atom stereocenters. The maximum atomic E-state index is 6.12. The fourth-order valence-corrected chi connectivity index (χ4v) is 3.06. The standard InChI is InChI=1S/C17H19BrClN/c1-3-4-12-5-7-13(8-6-12)17(20-2)15-11-14(19)9-10-16(15)18/h5-11,17,20H,3-4H2,1-2H3. The van der Waals surface area contributed by atoms with Gasteiger partial charge in [0.25, 0.3) is 0 Å². The van der Waals surface area contributed by atoms with Crippen molar-refractivity contribution in [2.45, 2.75) is 25.8 Å². The molecule has 0 aliphatic carbocycles. The molecule has 106 valence electrons. The van der Waals surface area contributed by atoms with Crippen LogP contribution in [0.25, 0.3) is 0 Å². The summed E-state index contributed by atoms with van der Waals surface area (Å²) in [5.41, 5.74) is 3.79. The lowest BCUT2D eigenvalue weighted by Gasteiger charge is -2.19. The third kappa shape index (κ3) is 3.63. The van der Waals surface area contributed by atoms with Crippen molar-refractivity contribution in [3.8, 4) is 0 Å². The minimum Gasteiger partial charge on any atom is -0.309 e. The molecular formula is C17H19BrClN. The molecule has 1 nitrogen and oxygen atoms in total. The van der Waals surface area contributed by atoms with Gasteiger partial charge in [-0.25, -0.2) is 0 Å². The van der Waals surface area contributed by atoms with Crippen molar-refractivity contribution in [3.05, 3.63) is 68.7 Å². The van der Waals surface area contributed by atoms with Gasteiger partial charge in [0.15, 0.2) is 0 Å². The number of nitrogens with one attached hydrogen (secondary N) is 1. The van der Waals surface area contributed by atoms with E-state index in [4.69, 9.17) is 11.6 Å². The maximum Gasteiger partial charge on any atom is 0.0585 e. The van der Waals surface area contributed by atoms with E-state index in [0.717, 1.165) is 21.5 Å². The minimum absolute atomic E-state index is 0.138. The molecule has 0 fully saturated rings. The fraction of sp³-hybridized carbons (Fsp3) is 0.294. The van der Waals surface area contributed by atoms with Crippen molar-refractivity contribution in [1.82, 2.24) is 5.32 Å². The van der Waals surface area contributed by atoms with E-state index in [2.05, 4.69) is 52.4 Å². The van der Waals surface area contributed by atoms with Crippen LogP contribution in [-0.4, -0.2) is 7.05 Å². The summed E-state index contributed by atoms with van der Waals surface area (Å²) in [7, 11) is 1.97. The van der Waals surface area contributed by atoms with E-state index in [1.54, 1.807) is 0 Å². The Morgan fingerprint density at radius 1 is 1.15 bits per heavy atom. The van der Waals surface area contributed by atoms with Gasteiger partial charge in [0.2, 0.25) is 0 Å². The third-order valence-corrected chi connectivity index (χ3v) is 4.37. The van der Waals surface area contributed by atoms with Crippen molar-refractivity contribution in [2.24, 2.45) is 0 Å². The van der Waals surface area contributed by atoms with E-state index in [1.807, 2.05) is 25.2 Å². The van der Waals surface area contributed by atoms with Crippen LogP contribution >= 0.6 is 27.5 Å². The van der Waals surface area contributed by atoms with Crippen molar-refractivity contribution in [2.75, 3.05) is 7.05 Å². The summed E-state index contributed by atoms with van der Waals surface area (Å²) in [5.74, 6) is 0. The molecule has 1 unspecified atom stereocenters. The molecule has 2 aromatic rings. The van der Waals surface area contributed by atoms with Crippen LogP contribution in [0.2, 0.25) is 5.02 Å². The highest BCUT2D eigenvalue weighted by Crippen LogP contribution is 2.30. The second kappa shape index (κ2) is 7.26. The highest BCUT2D eigenvalue weighted by Gasteiger charge is 2.15. The van der Waals surface area contributed by atoms with Crippen LogP contribution in [0.1, 0.15) is 36.1 Å². The van der Waals surface area contributed by atoms with Gasteiger partial charge in [-0.1, -0.05) is 65.1 Å². The average molecular weight is 353 g/mol. The van der Waals surface area contributed by atoms with E-state index in [9.17, 15) is 0 Å². The van der Waals surface area contributed by atoms with Crippen molar-refractivity contribution in [1.29, 1.82) is 0 Å². The van der Waals surface area contributed by atoms with Crippen LogP contribution in [0.4, 0.5) is 0 Å². The summed E-state index contributed by atoms with van der Waals surface area (Å²) in [5, 5.41) is 4.12. The second-order valence-corrected chi connectivity index (χ2v) is 6.17. The van der Waals surface area contributed by atoms with Gasteiger partial charge in [0.1, 0.15) is 0 Å². The molecule has 0 heterocycles. The molecule has 0 aliphatic rings. The van der Waals surface area contributed by atoms with Gasteiger partial charge >= 0.3 is 0 Å². The summed E-state index contributed by atoms with van der Waals surface area (Å²) in [6.07, 6.45) is 2.31. The summed E-state index contributed by atoms with van der Waals surface area (Å²) in [4.78, 5) is 0. The summed E-state index contributed by atoms with van der Waals surface area (Å²) < 4.78 is 1.07. The maximum absolute atomic E-state index is 6.12. The van der Waals surface area contributed by atoms with Crippen LogP contribution in [0.15, 0.2) is 46.9 Å². The zero-order valence-electron chi connectivity index (χ0n) is 11.8. The van der Waals surface area contributed by atoms with Crippen LogP contribution in [0.5, 0.6) is 0 Å². The Bertz CT molecular complexity index is 566. The largest absolute Gasteiger partial charge is 0.309 e. The molecule has 0 aliphatic heterocycles. The van der Waals surface area contributed by atoms with Crippen molar-refractivity contribution in [3.63, 3.8) is 0 Å². The third-order valence-electron chi connectivity index (χ3n) is 3.41. The Kier molecular flexibility index (Phi) is 5.64. The molecule has 20 heavy (non-hydrogen) atoms. The Morgan fingerprint density at radius 2 is 1.85 bits per heavy atom. The topological polar surface area (TPSA) is 12.0 Å². The molecule has 0 aromatic heterocycles. The second-order valence-electron chi connectivity index (χ2n) is 4.88. The molecule has 0 amide bonds. The first-order valence-corrected chi connectivity index (χ1v) is 8.04. The summed E-state index contributed by atoms with van der Waals surface area (Å²) >= 11 is 9.73. The smallest absolute Gasteiger partial charge is 0.0585 e. The van der Waals surface area contributed by atoms with Gasteiger partial charge in [-0.05, 0) is 48.4 Å². The molecule has 0 saturated carbocycles. The quantitative estimate of drug-likeness (QED) is 0.763. The molecule has 0 spiro atoms. The monoisotopic (exact) mass is 351 g/mol. The lowest BCUT2D eigenvalue weighted by atomic mass is 9.97. The highest BCUT2D eigenvalue weighted by molar-refractivity contribution is 9.10. The predicted octanol–water partition coefficient (Wildman–Crippen LogP) is 5.36. The first-order valence-electron chi connectivity index (χ1n) is 6.86. The number of rotatable bonds is 5. The van der Waals surface area contributed by atoms with E-state index in [1.165, 1.54) is 17.5 Å². The lowest BCUT2D eigenvalue weighted by molar-refractivity contribution is 0.688. The van der Waals surface area contributed by atoms with E-state index >= 15 is 0 Å². The lowest BCUT2D eigenvalue weighted by Crippen LogP contribution is -2.18. The van der Waals surface area contributed by atoms with E-state index in [0.29, 0.717) is 0 Å². The van der Waals surface area contributed by atoms with Gasteiger partial charge < -0.3 is 5.32 Å². The number of hydrogen-bond acceptors (Lipinski definition) is 1. The Hall–Kier alpha value is -0.830. The number of benzene rings is 2. The van der Waals surface area contributed by atoms with Gasteiger partial charge in [-0.15, -0.1) is 0 Å². The van der Waals surface area contributed by atoms with Crippen molar-refractivity contribution < 1.29 is 0 Å². The van der Waals surface area contributed by atoms with Gasteiger partial charge in [0, 0.05) is 9.50 Å². The fourth-order valence-electron chi connectivity index (χ4n) is 2.40. The summed E-state index contributed by atoms with van der Waals surface area (Å²) in [6, 6.07) is 14.8. The van der Waals surface area contributed by atoms with Gasteiger partial charge in [-0.2, -0.15) is 0 Å². The minimum atomic E-state index is 0.138. The van der Waals surface area contributed by atoms with Crippen LogP contribution in [0.3, 0.4) is 0 Å². The number of aryl methyl sites for hydroxylation is 1. The average Bonchev–Trinajstić information content (AvgIpc) is 2.45. The SMILES string of the molecule is CCCc1ccc(C(NC)c2cc(Cl)ccc2Br)cc1. The molecular weight excluding hydrogens is 334 g/mol. The van der Waals surface area contributed by atoms with E-state index < -0.39 is 0 Å². The van der Waals surface area contributed by atoms with Crippen LogP contribution < -0.4 is 5.32 Å². The van der Waals surface area contributed by atoms with Crippen LogP contribution in [0, 0.1) is 0 Å². The Labute approximate surface area is 134 Å². The molecule has 0 saturated heterocycles. The normalized spacial score (nSPS) is 12.4. The molecule has 1 N–H and O–H groups in total. The van der Waals surface area contributed by atoms with E-state index in [-0.39, 0.29) is 6.04 Å². The molecule has 3 heteroatoms. The molecule has 2 aromatic carbocycles. The highest BCUT2D eigenvalue weighted by atomic mass is 79.9. The first kappa shape index (κ1) is 15.6. The summed E-state index contributed by atoms with van der Waals surface area (Å²) in [6.45, 7) is 2.20. The zero-order valence-corrected chi connectivity index (χ0v) is 14.1. The van der Waals surface area contributed by atoms with Gasteiger partial charge in [0.05, 0.1) is 6.04 Å². The van der Waals surface area contributed by atoms with Gasteiger partial charge in [-0.3, -0.25) is 0 Å². The first-order chi connectivity index (χ1) is 9.65. The van der Waals surface area contributed by atoms with Crippen LogP contribution in [-0.2, 0) is 6.42 Å². The predicted molar refractivity (Wildman–Crippen MR) is 90.5 cm³/mol. The Morgan fingerprint density at radius 3 is 2.45 bits per heavy atom.